The van der Waals surface area contributed by atoms with Crippen LogP contribution in [0.5, 0.6) is 0 Å². The van der Waals surface area contributed by atoms with Crippen LogP contribution in [-0.4, -0.2) is 47.8 Å². The third-order valence-electron chi connectivity index (χ3n) is 6.20. The molecule has 1 unspecified atom stereocenters. The van der Waals surface area contributed by atoms with Crippen molar-refractivity contribution in [3.05, 3.63) is 70.2 Å². The maximum atomic E-state index is 13.7. The normalized spacial score (nSPS) is 21.4. The summed E-state index contributed by atoms with van der Waals surface area (Å²) in [7, 11) is 0. The van der Waals surface area contributed by atoms with E-state index in [1.54, 1.807) is 24.3 Å². The Kier molecular flexibility index (Phi) is 6.71. The minimum Gasteiger partial charge on any atom is -0.386 e. The second kappa shape index (κ2) is 9.46. The lowest BCUT2D eigenvalue weighted by Crippen LogP contribution is -2.47. The van der Waals surface area contributed by atoms with Gasteiger partial charge in [-0.25, -0.2) is 4.39 Å². The van der Waals surface area contributed by atoms with E-state index in [4.69, 9.17) is 11.6 Å². The van der Waals surface area contributed by atoms with E-state index in [1.165, 1.54) is 11.1 Å². The lowest BCUT2D eigenvalue weighted by atomic mass is 9.99. The minimum atomic E-state index is -0.910. The molecule has 0 saturated carbocycles. The zero-order valence-electron chi connectivity index (χ0n) is 16.9. The van der Waals surface area contributed by atoms with Gasteiger partial charge in [-0.15, -0.1) is 0 Å². The molecule has 6 heteroatoms. The number of carbonyl (C=O) groups excluding carboxylic acids is 1. The summed E-state index contributed by atoms with van der Waals surface area (Å²) >= 11 is 6.09. The Morgan fingerprint density at radius 2 is 1.93 bits per heavy atom. The van der Waals surface area contributed by atoms with Gasteiger partial charge in [0.25, 0.3) is 0 Å². The average Bonchev–Trinajstić information content (AvgIpc) is 3.31. The largest absolute Gasteiger partial charge is 0.386 e. The summed E-state index contributed by atoms with van der Waals surface area (Å²) in [5.74, 6) is 0.197. The fourth-order valence-corrected chi connectivity index (χ4v) is 4.90. The van der Waals surface area contributed by atoms with Crippen molar-refractivity contribution >= 4 is 17.5 Å². The van der Waals surface area contributed by atoms with E-state index in [-0.39, 0.29) is 11.8 Å². The number of rotatable bonds is 7. The molecular formula is C24H28ClFN2O2. The number of nitrogens with zero attached hydrogens (tertiary/aromatic N) is 1. The first-order valence-corrected chi connectivity index (χ1v) is 11.0. The number of halogens is 2. The van der Waals surface area contributed by atoms with Gasteiger partial charge in [0.05, 0.1) is 6.04 Å². The lowest BCUT2D eigenvalue weighted by Gasteiger charge is -2.29. The minimum absolute atomic E-state index is 0.0742. The van der Waals surface area contributed by atoms with Crippen LogP contribution in [0.2, 0.25) is 5.02 Å². The van der Waals surface area contributed by atoms with Crippen LogP contribution in [-0.2, 0) is 17.6 Å². The number of benzene rings is 2. The molecule has 1 fully saturated rings. The van der Waals surface area contributed by atoms with E-state index in [2.05, 4.69) is 17.4 Å². The summed E-state index contributed by atoms with van der Waals surface area (Å²) in [6.45, 7) is 1.38. The highest BCUT2D eigenvalue weighted by Crippen LogP contribution is 2.29. The summed E-state index contributed by atoms with van der Waals surface area (Å²) in [4.78, 5) is 14.8. The first kappa shape index (κ1) is 21.3. The van der Waals surface area contributed by atoms with Crippen LogP contribution < -0.4 is 5.32 Å². The second-order valence-corrected chi connectivity index (χ2v) is 9.00. The SMILES string of the molecule is O=C(CC1Cc2ccccc2C1)N[C@H](CN1CCC(F)C1)[C@H](O)c1cccc(Cl)c1. The molecule has 1 saturated heterocycles. The first-order chi connectivity index (χ1) is 14.5. The molecule has 2 aliphatic rings. The first-order valence-electron chi connectivity index (χ1n) is 10.6. The maximum absolute atomic E-state index is 13.7. The highest BCUT2D eigenvalue weighted by Gasteiger charge is 2.31. The van der Waals surface area contributed by atoms with Crippen LogP contribution in [0.1, 0.15) is 35.6 Å². The van der Waals surface area contributed by atoms with E-state index in [9.17, 15) is 14.3 Å². The number of nitrogens with one attached hydrogen (secondary N) is 1. The molecule has 1 aliphatic heterocycles. The van der Waals surface area contributed by atoms with Crippen LogP contribution in [0.25, 0.3) is 0 Å². The van der Waals surface area contributed by atoms with Gasteiger partial charge < -0.3 is 10.4 Å². The molecule has 2 aromatic rings. The number of likely N-dealkylation sites (tertiary alicyclic amines) is 1. The molecule has 2 N–H and O–H groups in total. The summed E-state index contributed by atoms with van der Waals surface area (Å²) in [5.41, 5.74) is 3.28. The Morgan fingerprint density at radius 1 is 1.20 bits per heavy atom. The van der Waals surface area contributed by atoms with Crippen molar-refractivity contribution < 1.29 is 14.3 Å². The summed E-state index contributed by atoms with van der Waals surface area (Å²) in [6, 6.07) is 14.8. The van der Waals surface area contributed by atoms with Crippen molar-refractivity contribution in [3.63, 3.8) is 0 Å². The molecule has 4 rings (SSSR count). The van der Waals surface area contributed by atoms with Gasteiger partial charge in [-0.1, -0.05) is 48.0 Å². The molecule has 0 spiro atoms. The van der Waals surface area contributed by atoms with Crippen molar-refractivity contribution in [1.82, 2.24) is 10.2 Å². The van der Waals surface area contributed by atoms with E-state index in [1.807, 2.05) is 17.0 Å². The Morgan fingerprint density at radius 3 is 2.57 bits per heavy atom. The molecule has 2 aromatic carbocycles. The van der Waals surface area contributed by atoms with Crippen LogP contribution in [0, 0.1) is 5.92 Å². The average molecular weight is 431 g/mol. The van der Waals surface area contributed by atoms with Crippen LogP contribution in [0.3, 0.4) is 0 Å². The van der Waals surface area contributed by atoms with Crippen molar-refractivity contribution in [2.45, 2.75) is 44.0 Å². The Labute approximate surface area is 182 Å². The van der Waals surface area contributed by atoms with Crippen molar-refractivity contribution in [3.8, 4) is 0 Å². The number of fused-ring (bicyclic) bond motifs is 1. The number of carbonyl (C=O) groups is 1. The Balaban J connectivity index is 1.42. The van der Waals surface area contributed by atoms with Crippen molar-refractivity contribution in [2.75, 3.05) is 19.6 Å². The summed E-state index contributed by atoms with van der Waals surface area (Å²) in [5, 5.41) is 14.6. The molecule has 160 valence electrons. The molecule has 0 radical (unpaired) electrons. The molecular weight excluding hydrogens is 403 g/mol. The molecule has 1 heterocycles. The second-order valence-electron chi connectivity index (χ2n) is 8.57. The fraction of sp³-hybridized carbons (Fsp3) is 0.458. The van der Waals surface area contributed by atoms with Crippen LogP contribution in [0.4, 0.5) is 4.39 Å². The predicted octanol–water partition coefficient (Wildman–Crippen LogP) is 3.71. The third-order valence-corrected chi connectivity index (χ3v) is 6.43. The van der Waals surface area contributed by atoms with Crippen LogP contribution >= 0.6 is 11.6 Å². The molecule has 3 atom stereocenters. The highest BCUT2D eigenvalue weighted by molar-refractivity contribution is 6.30. The number of aliphatic hydroxyl groups excluding tert-OH is 1. The van der Waals surface area contributed by atoms with E-state index in [0.717, 1.165) is 12.8 Å². The quantitative estimate of drug-likeness (QED) is 0.704. The number of hydrogen-bond acceptors (Lipinski definition) is 3. The van der Waals surface area contributed by atoms with E-state index in [0.29, 0.717) is 43.1 Å². The molecule has 4 nitrogen and oxygen atoms in total. The fourth-order valence-electron chi connectivity index (χ4n) is 4.70. The summed E-state index contributed by atoms with van der Waals surface area (Å²) < 4.78 is 13.7. The molecule has 30 heavy (non-hydrogen) atoms. The van der Waals surface area contributed by atoms with E-state index < -0.39 is 18.3 Å². The number of alkyl halides is 1. The van der Waals surface area contributed by atoms with Crippen molar-refractivity contribution in [2.24, 2.45) is 5.92 Å². The third kappa shape index (κ3) is 5.20. The Hall–Kier alpha value is -1.95. The van der Waals surface area contributed by atoms with Gasteiger partial charge >= 0.3 is 0 Å². The molecule has 1 aliphatic carbocycles. The van der Waals surface area contributed by atoms with Crippen molar-refractivity contribution in [1.29, 1.82) is 0 Å². The van der Waals surface area contributed by atoms with Gasteiger partial charge in [0, 0.05) is 31.1 Å². The lowest BCUT2D eigenvalue weighted by molar-refractivity contribution is -0.123. The monoisotopic (exact) mass is 430 g/mol. The van der Waals surface area contributed by atoms with Crippen LogP contribution in [0.15, 0.2) is 48.5 Å². The smallest absolute Gasteiger partial charge is 0.220 e. The summed E-state index contributed by atoms with van der Waals surface area (Å²) in [6.07, 6.45) is 0.961. The van der Waals surface area contributed by atoms with Gasteiger partial charge in [-0.3, -0.25) is 9.69 Å². The molecule has 0 aromatic heterocycles. The molecule has 1 amide bonds. The van der Waals surface area contributed by atoms with Gasteiger partial charge in [0.15, 0.2) is 0 Å². The molecule has 0 bridgehead atoms. The Bertz CT molecular complexity index is 868. The number of amides is 1. The van der Waals surface area contributed by atoms with Gasteiger partial charge in [-0.2, -0.15) is 0 Å². The standard InChI is InChI=1S/C24H28ClFN2O2/c25-20-7-3-6-19(13-20)24(30)22(15-28-9-8-21(26)14-28)27-23(29)12-16-10-17-4-1-2-5-18(17)11-16/h1-7,13,16,21-22,24,30H,8-12,14-15H2,(H,27,29)/t21?,22-,24-/m1/s1. The highest BCUT2D eigenvalue weighted by atomic mass is 35.5. The predicted molar refractivity (Wildman–Crippen MR) is 116 cm³/mol. The van der Waals surface area contributed by atoms with Gasteiger partial charge in [0.2, 0.25) is 5.91 Å². The zero-order chi connectivity index (χ0) is 21.1. The van der Waals surface area contributed by atoms with Gasteiger partial charge in [0.1, 0.15) is 12.3 Å². The number of hydrogen-bond donors (Lipinski definition) is 2. The van der Waals surface area contributed by atoms with E-state index >= 15 is 0 Å². The van der Waals surface area contributed by atoms with Gasteiger partial charge in [-0.05, 0) is 54.0 Å². The number of aliphatic hydroxyl groups is 1. The topological polar surface area (TPSA) is 52.6 Å². The maximum Gasteiger partial charge on any atom is 0.220 e. The zero-order valence-corrected chi connectivity index (χ0v) is 17.7.